The van der Waals surface area contributed by atoms with Crippen molar-refractivity contribution in [1.29, 1.82) is 0 Å². The number of nitrogens with two attached hydrogens (primary N) is 2. The SMILES string of the molecule is NS(=O)(=O)c1nc2ccccc2nc1S(N)(=O)=O. The first-order valence-electron chi connectivity index (χ1n) is 4.52. The maximum absolute atomic E-state index is 11.3. The Labute approximate surface area is 103 Å². The van der Waals surface area contributed by atoms with Crippen LogP contribution in [0, 0.1) is 0 Å². The molecule has 96 valence electrons. The molecule has 0 spiro atoms. The van der Waals surface area contributed by atoms with Gasteiger partial charge in [-0.15, -0.1) is 0 Å². The fraction of sp³-hybridized carbons (Fsp3) is 0. The van der Waals surface area contributed by atoms with Gasteiger partial charge < -0.3 is 0 Å². The molecule has 1 heterocycles. The topological polar surface area (TPSA) is 146 Å². The zero-order valence-electron chi connectivity index (χ0n) is 8.81. The van der Waals surface area contributed by atoms with Crippen LogP contribution in [0.25, 0.3) is 11.0 Å². The molecule has 0 saturated heterocycles. The van der Waals surface area contributed by atoms with Gasteiger partial charge >= 0.3 is 0 Å². The molecule has 0 aliphatic heterocycles. The first-order chi connectivity index (χ1) is 8.19. The van der Waals surface area contributed by atoms with E-state index in [9.17, 15) is 16.8 Å². The van der Waals surface area contributed by atoms with Crippen molar-refractivity contribution in [2.75, 3.05) is 0 Å². The van der Waals surface area contributed by atoms with Crippen LogP contribution in [-0.2, 0) is 20.0 Å². The fourth-order valence-corrected chi connectivity index (χ4v) is 3.06. The summed E-state index contributed by atoms with van der Waals surface area (Å²) in [6.07, 6.45) is 0. The second kappa shape index (κ2) is 3.95. The van der Waals surface area contributed by atoms with Crippen molar-refractivity contribution in [3.8, 4) is 0 Å². The number of hydrogen-bond acceptors (Lipinski definition) is 6. The van der Waals surface area contributed by atoms with Gasteiger partial charge in [-0.05, 0) is 12.1 Å². The first kappa shape index (κ1) is 12.8. The van der Waals surface area contributed by atoms with Crippen molar-refractivity contribution in [1.82, 2.24) is 9.97 Å². The summed E-state index contributed by atoms with van der Waals surface area (Å²) in [5.41, 5.74) is 0.405. The van der Waals surface area contributed by atoms with Crippen molar-refractivity contribution < 1.29 is 16.8 Å². The van der Waals surface area contributed by atoms with E-state index in [1.165, 1.54) is 12.1 Å². The van der Waals surface area contributed by atoms with Crippen molar-refractivity contribution >= 4 is 31.1 Å². The van der Waals surface area contributed by atoms with Crippen LogP contribution in [0.15, 0.2) is 34.3 Å². The lowest BCUT2D eigenvalue weighted by atomic mass is 10.3. The van der Waals surface area contributed by atoms with Gasteiger partial charge in [-0.1, -0.05) is 12.1 Å². The number of benzene rings is 1. The quantitative estimate of drug-likeness (QED) is 0.718. The van der Waals surface area contributed by atoms with E-state index in [1.54, 1.807) is 12.1 Å². The third-order valence-electron chi connectivity index (χ3n) is 2.05. The van der Waals surface area contributed by atoms with E-state index in [4.69, 9.17) is 10.3 Å². The summed E-state index contributed by atoms with van der Waals surface area (Å²) >= 11 is 0. The monoisotopic (exact) mass is 288 g/mol. The summed E-state index contributed by atoms with van der Waals surface area (Å²) in [4.78, 5) is 7.36. The highest BCUT2D eigenvalue weighted by Crippen LogP contribution is 2.18. The molecule has 0 bridgehead atoms. The average molecular weight is 288 g/mol. The van der Waals surface area contributed by atoms with Crippen LogP contribution in [0.2, 0.25) is 0 Å². The third kappa shape index (κ3) is 2.31. The largest absolute Gasteiger partial charge is 0.258 e. The highest BCUT2D eigenvalue weighted by Gasteiger charge is 2.26. The Morgan fingerprint density at radius 2 is 1.11 bits per heavy atom. The molecule has 18 heavy (non-hydrogen) atoms. The van der Waals surface area contributed by atoms with Gasteiger partial charge in [0.2, 0.25) is 10.1 Å². The fourth-order valence-electron chi connectivity index (χ4n) is 1.34. The molecular formula is C8H8N4O4S2. The van der Waals surface area contributed by atoms with Crippen LogP contribution in [0.3, 0.4) is 0 Å². The van der Waals surface area contributed by atoms with Crippen molar-refractivity contribution in [3.63, 3.8) is 0 Å². The van der Waals surface area contributed by atoms with Gasteiger partial charge in [-0.25, -0.2) is 37.1 Å². The van der Waals surface area contributed by atoms with Gasteiger partial charge in [0.25, 0.3) is 20.0 Å². The Balaban J connectivity index is 2.99. The van der Waals surface area contributed by atoms with Gasteiger partial charge in [0.15, 0.2) is 0 Å². The van der Waals surface area contributed by atoms with Crippen LogP contribution in [0.4, 0.5) is 0 Å². The molecule has 0 aliphatic rings. The van der Waals surface area contributed by atoms with Gasteiger partial charge in [0.1, 0.15) is 0 Å². The molecule has 10 heteroatoms. The Morgan fingerprint density at radius 1 is 0.778 bits per heavy atom. The van der Waals surface area contributed by atoms with Crippen LogP contribution >= 0.6 is 0 Å². The standard InChI is InChI=1S/C8H8N4O4S2/c9-17(13,14)7-8(18(10,15)16)12-6-4-2-1-3-5(6)11-7/h1-4H,(H2,9,13,14)(H2,10,15,16). The molecule has 0 unspecified atom stereocenters. The number of nitrogens with zero attached hydrogens (tertiary/aromatic N) is 2. The summed E-state index contributed by atoms with van der Waals surface area (Å²) in [5.74, 6) is 0. The number of para-hydroxylation sites is 2. The summed E-state index contributed by atoms with van der Waals surface area (Å²) in [6, 6.07) is 6.15. The van der Waals surface area contributed by atoms with Crippen LogP contribution in [0.5, 0.6) is 0 Å². The highest BCUT2D eigenvalue weighted by atomic mass is 32.2. The van der Waals surface area contributed by atoms with E-state index in [0.29, 0.717) is 0 Å². The zero-order valence-corrected chi connectivity index (χ0v) is 10.4. The Bertz CT molecular complexity index is 759. The second-order valence-electron chi connectivity index (χ2n) is 3.41. The molecule has 1 aromatic heterocycles. The minimum atomic E-state index is -4.34. The third-order valence-corrected chi connectivity index (χ3v) is 3.82. The van der Waals surface area contributed by atoms with E-state index < -0.39 is 30.1 Å². The van der Waals surface area contributed by atoms with Crippen molar-refractivity contribution in [2.24, 2.45) is 10.3 Å². The summed E-state index contributed by atoms with van der Waals surface area (Å²) in [6.45, 7) is 0. The van der Waals surface area contributed by atoms with Crippen LogP contribution < -0.4 is 10.3 Å². The van der Waals surface area contributed by atoms with Crippen molar-refractivity contribution in [2.45, 2.75) is 10.1 Å². The zero-order chi connectivity index (χ0) is 13.6. The Hall–Kier alpha value is -1.62. The smallest absolute Gasteiger partial charge is 0.231 e. The predicted molar refractivity (Wildman–Crippen MR) is 62.3 cm³/mol. The lowest BCUT2D eigenvalue weighted by Crippen LogP contribution is -2.23. The number of hydrogen-bond donors (Lipinski definition) is 2. The van der Waals surface area contributed by atoms with Gasteiger partial charge in [0.05, 0.1) is 11.0 Å². The molecule has 1 aromatic carbocycles. The Morgan fingerprint density at radius 3 is 1.39 bits per heavy atom. The molecule has 0 radical (unpaired) electrons. The number of primary sulfonamides is 2. The van der Waals surface area contributed by atoms with Gasteiger partial charge in [-0.3, -0.25) is 0 Å². The van der Waals surface area contributed by atoms with E-state index in [1.807, 2.05) is 0 Å². The molecule has 4 N–H and O–H groups in total. The molecule has 2 aromatic rings. The summed E-state index contributed by atoms with van der Waals surface area (Å²) < 4.78 is 45.2. The van der Waals surface area contributed by atoms with Gasteiger partial charge in [0, 0.05) is 0 Å². The maximum Gasteiger partial charge on any atom is 0.258 e. The number of rotatable bonds is 2. The summed E-state index contributed by atoms with van der Waals surface area (Å²) in [7, 11) is -8.68. The summed E-state index contributed by atoms with van der Waals surface area (Å²) in [5, 5.41) is 8.07. The lowest BCUT2D eigenvalue weighted by molar-refractivity contribution is 0.575. The van der Waals surface area contributed by atoms with Crippen LogP contribution in [0.1, 0.15) is 0 Å². The number of sulfonamides is 2. The first-order valence-corrected chi connectivity index (χ1v) is 7.61. The predicted octanol–water partition coefficient (Wildman–Crippen LogP) is -1.08. The van der Waals surface area contributed by atoms with Crippen molar-refractivity contribution in [3.05, 3.63) is 24.3 Å². The molecule has 0 saturated carbocycles. The Kier molecular flexibility index (Phi) is 2.81. The van der Waals surface area contributed by atoms with E-state index in [2.05, 4.69) is 9.97 Å². The van der Waals surface area contributed by atoms with E-state index in [0.717, 1.165) is 0 Å². The average Bonchev–Trinajstić information content (AvgIpc) is 2.25. The lowest BCUT2D eigenvalue weighted by Gasteiger charge is -2.05. The van der Waals surface area contributed by atoms with Crippen LogP contribution in [-0.4, -0.2) is 26.8 Å². The molecule has 0 atom stereocenters. The molecule has 0 fully saturated rings. The minimum absolute atomic E-state index is 0.203. The molecule has 8 nitrogen and oxygen atoms in total. The second-order valence-corrected chi connectivity index (χ2v) is 6.37. The molecular weight excluding hydrogens is 280 g/mol. The van der Waals surface area contributed by atoms with Gasteiger partial charge in [-0.2, -0.15) is 0 Å². The highest BCUT2D eigenvalue weighted by molar-refractivity contribution is 7.92. The molecule has 0 aliphatic carbocycles. The van der Waals surface area contributed by atoms with E-state index >= 15 is 0 Å². The number of fused-ring (bicyclic) bond motifs is 1. The molecule has 2 rings (SSSR count). The maximum atomic E-state index is 11.3. The normalized spacial score (nSPS) is 12.8. The molecule has 0 amide bonds. The number of aromatic nitrogens is 2. The minimum Gasteiger partial charge on any atom is -0.231 e. The van der Waals surface area contributed by atoms with E-state index in [-0.39, 0.29) is 11.0 Å².